The van der Waals surface area contributed by atoms with Crippen molar-refractivity contribution in [2.75, 3.05) is 11.9 Å². The summed E-state index contributed by atoms with van der Waals surface area (Å²) in [7, 11) is 0. The molecule has 1 aromatic rings. The minimum Gasteiger partial charge on any atom is -0.508 e. The van der Waals surface area contributed by atoms with Gasteiger partial charge in [0.2, 0.25) is 0 Å². The minimum atomic E-state index is -0.732. The van der Waals surface area contributed by atoms with Crippen molar-refractivity contribution in [3.63, 3.8) is 0 Å². The first-order valence-electron chi connectivity index (χ1n) is 5.87. The Labute approximate surface area is 106 Å². The molecule has 5 heteroatoms. The number of rotatable bonds is 4. The van der Waals surface area contributed by atoms with Crippen LogP contribution in [0.5, 0.6) is 5.75 Å². The Hall–Kier alpha value is -2.04. The molecule has 0 aliphatic heterocycles. The van der Waals surface area contributed by atoms with E-state index in [4.69, 9.17) is 0 Å². The van der Waals surface area contributed by atoms with Gasteiger partial charge in [0.1, 0.15) is 5.75 Å². The number of aromatic hydroxyl groups is 1. The number of hydrogen-bond donors (Lipinski definition) is 3. The summed E-state index contributed by atoms with van der Waals surface area (Å²) in [5.74, 6) is -0.893. The fourth-order valence-electron chi connectivity index (χ4n) is 1.33. The van der Waals surface area contributed by atoms with Crippen LogP contribution in [0.15, 0.2) is 24.3 Å². The quantitative estimate of drug-likeness (QED) is 0.708. The Bertz CT molecular complexity index is 430. The van der Waals surface area contributed by atoms with Crippen LogP contribution in [0, 0.1) is 5.92 Å². The van der Waals surface area contributed by atoms with Gasteiger partial charge >= 0.3 is 11.8 Å². The first-order valence-corrected chi connectivity index (χ1v) is 5.87. The molecule has 0 atom stereocenters. The second-order valence-corrected chi connectivity index (χ2v) is 4.44. The molecule has 1 aromatic carbocycles. The van der Waals surface area contributed by atoms with E-state index >= 15 is 0 Å². The van der Waals surface area contributed by atoms with Gasteiger partial charge in [-0.1, -0.05) is 19.9 Å². The van der Waals surface area contributed by atoms with Gasteiger partial charge in [-0.05, 0) is 24.5 Å². The number of carbonyl (C=O) groups excluding carboxylic acids is 2. The Morgan fingerprint density at radius 1 is 1.28 bits per heavy atom. The Morgan fingerprint density at radius 2 is 2.00 bits per heavy atom. The zero-order chi connectivity index (χ0) is 13.5. The van der Waals surface area contributed by atoms with Crippen molar-refractivity contribution < 1.29 is 14.7 Å². The van der Waals surface area contributed by atoms with Gasteiger partial charge in [-0.3, -0.25) is 9.59 Å². The Morgan fingerprint density at radius 3 is 2.61 bits per heavy atom. The lowest BCUT2D eigenvalue weighted by molar-refractivity contribution is -0.136. The van der Waals surface area contributed by atoms with Gasteiger partial charge in [0, 0.05) is 18.3 Å². The topological polar surface area (TPSA) is 78.4 Å². The summed E-state index contributed by atoms with van der Waals surface area (Å²) in [6, 6.07) is 6.04. The number of carbonyl (C=O) groups is 2. The van der Waals surface area contributed by atoms with Gasteiger partial charge in [0.05, 0.1) is 0 Å². The highest BCUT2D eigenvalue weighted by Crippen LogP contribution is 2.14. The van der Waals surface area contributed by atoms with Gasteiger partial charge in [-0.2, -0.15) is 0 Å². The maximum atomic E-state index is 11.5. The number of nitrogens with one attached hydrogen (secondary N) is 2. The molecule has 18 heavy (non-hydrogen) atoms. The highest BCUT2D eigenvalue weighted by molar-refractivity contribution is 6.39. The van der Waals surface area contributed by atoms with Crippen LogP contribution < -0.4 is 10.6 Å². The first-order chi connectivity index (χ1) is 8.49. The van der Waals surface area contributed by atoms with Crippen molar-refractivity contribution in [2.45, 2.75) is 20.3 Å². The number of hydrogen-bond acceptors (Lipinski definition) is 3. The molecule has 0 spiro atoms. The summed E-state index contributed by atoms with van der Waals surface area (Å²) in [4.78, 5) is 22.9. The zero-order valence-electron chi connectivity index (χ0n) is 10.6. The van der Waals surface area contributed by atoms with Gasteiger partial charge in [-0.25, -0.2) is 0 Å². The molecule has 98 valence electrons. The number of benzene rings is 1. The average molecular weight is 250 g/mol. The molecule has 3 N–H and O–H groups in total. The summed E-state index contributed by atoms with van der Waals surface area (Å²) >= 11 is 0. The summed E-state index contributed by atoms with van der Waals surface area (Å²) in [5.41, 5.74) is 0.388. The van der Waals surface area contributed by atoms with Crippen LogP contribution in [-0.2, 0) is 9.59 Å². The standard InChI is InChI=1S/C13H18N2O3/c1-9(2)6-7-14-12(17)13(18)15-10-4-3-5-11(16)8-10/h3-5,8-9,16H,6-7H2,1-2H3,(H,14,17)(H,15,18). The summed E-state index contributed by atoms with van der Waals surface area (Å²) in [6.07, 6.45) is 0.825. The highest BCUT2D eigenvalue weighted by atomic mass is 16.3. The van der Waals surface area contributed by atoms with E-state index in [9.17, 15) is 14.7 Å². The normalized spacial score (nSPS) is 10.2. The lowest BCUT2D eigenvalue weighted by Crippen LogP contribution is -2.36. The second kappa shape index (κ2) is 6.64. The molecule has 0 saturated carbocycles. The lowest BCUT2D eigenvalue weighted by atomic mass is 10.1. The smallest absolute Gasteiger partial charge is 0.313 e. The second-order valence-electron chi connectivity index (χ2n) is 4.44. The molecular formula is C13H18N2O3. The SMILES string of the molecule is CC(C)CCNC(=O)C(=O)Nc1cccc(O)c1. The predicted molar refractivity (Wildman–Crippen MR) is 69.2 cm³/mol. The number of amides is 2. The van der Waals surface area contributed by atoms with Crippen LogP contribution in [0.25, 0.3) is 0 Å². The molecule has 2 amide bonds. The molecule has 1 rings (SSSR count). The third-order valence-corrected chi connectivity index (χ3v) is 2.32. The van der Waals surface area contributed by atoms with Gasteiger partial charge in [0.25, 0.3) is 0 Å². The van der Waals surface area contributed by atoms with Crippen molar-refractivity contribution in [3.8, 4) is 5.75 Å². The maximum Gasteiger partial charge on any atom is 0.313 e. The predicted octanol–water partition coefficient (Wildman–Crippen LogP) is 1.49. The Kier molecular flexibility index (Phi) is 5.17. The summed E-state index contributed by atoms with van der Waals surface area (Å²) in [5, 5.41) is 14.2. The molecule has 0 unspecified atom stereocenters. The molecule has 0 aromatic heterocycles. The van der Waals surface area contributed by atoms with E-state index in [2.05, 4.69) is 10.6 Å². The lowest BCUT2D eigenvalue weighted by Gasteiger charge is -2.08. The van der Waals surface area contributed by atoms with Crippen LogP contribution in [0.2, 0.25) is 0 Å². The molecule has 0 aliphatic rings. The summed E-state index contributed by atoms with van der Waals surface area (Å²) < 4.78 is 0. The number of phenols is 1. The van der Waals surface area contributed by atoms with Crippen molar-refractivity contribution in [3.05, 3.63) is 24.3 Å². The van der Waals surface area contributed by atoms with Crippen molar-refractivity contribution in [1.29, 1.82) is 0 Å². The fourth-order valence-corrected chi connectivity index (χ4v) is 1.33. The molecule has 0 radical (unpaired) electrons. The van der Waals surface area contributed by atoms with Crippen molar-refractivity contribution in [1.82, 2.24) is 5.32 Å². The van der Waals surface area contributed by atoms with Gasteiger partial charge in [-0.15, -0.1) is 0 Å². The van der Waals surface area contributed by atoms with E-state index in [-0.39, 0.29) is 5.75 Å². The Balaban J connectivity index is 2.43. The van der Waals surface area contributed by atoms with E-state index < -0.39 is 11.8 Å². The van der Waals surface area contributed by atoms with Crippen LogP contribution in [-0.4, -0.2) is 23.5 Å². The molecule has 5 nitrogen and oxygen atoms in total. The van der Waals surface area contributed by atoms with Gasteiger partial charge in [0.15, 0.2) is 0 Å². The van der Waals surface area contributed by atoms with Crippen LogP contribution in [0.3, 0.4) is 0 Å². The molecule has 0 saturated heterocycles. The van der Waals surface area contributed by atoms with Crippen LogP contribution in [0.1, 0.15) is 20.3 Å². The maximum absolute atomic E-state index is 11.5. The molecular weight excluding hydrogens is 232 g/mol. The monoisotopic (exact) mass is 250 g/mol. The van der Waals surface area contributed by atoms with Crippen molar-refractivity contribution >= 4 is 17.5 Å². The third-order valence-electron chi connectivity index (χ3n) is 2.32. The average Bonchev–Trinajstić information content (AvgIpc) is 2.28. The van der Waals surface area contributed by atoms with E-state index in [1.807, 2.05) is 13.8 Å². The minimum absolute atomic E-state index is 0.0352. The van der Waals surface area contributed by atoms with Crippen LogP contribution in [0.4, 0.5) is 5.69 Å². The van der Waals surface area contributed by atoms with E-state index in [0.717, 1.165) is 6.42 Å². The molecule has 0 aliphatic carbocycles. The molecule has 0 bridgehead atoms. The van der Waals surface area contributed by atoms with Crippen LogP contribution >= 0.6 is 0 Å². The van der Waals surface area contributed by atoms with Crippen molar-refractivity contribution in [2.24, 2.45) is 5.92 Å². The fraction of sp³-hybridized carbons (Fsp3) is 0.385. The highest BCUT2D eigenvalue weighted by Gasteiger charge is 2.13. The molecule has 0 heterocycles. The largest absolute Gasteiger partial charge is 0.508 e. The van der Waals surface area contributed by atoms with E-state index in [0.29, 0.717) is 18.2 Å². The number of phenolic OH excluding ortho intramolecular Hbond substituents is 1. The van der Waals surface area contributed by atoms with Gasteiger partial charge < -0.3 is 15.7 Å². The molecule has 0 fully saturated rings. The first kappa shape index (κ1) is 14.0. The summed E-state index contributed by atoms with van der Waals surface area (Å²) in [6.45, 7) is 4.56. The van der Waals surface area contributed by atoms with E-state index in [1.54, 1.807) is 12.1 Å². The van der Waals surface area contributed by atoms with E-state index in [1.165, 1.54) is 12.1 Å². The number of anilines is 1. The third kappa shape index (κ3) is 4.86. The zero-order valence-corrected chi connectivity index (χ0v) is 10.6.